The normalized spacial score (nSPS) is 19.5. The number of hydrogen-bond acceptors (Lipinski definition) is 4. The van der Waals surface area contributed by atoms with E-state index in [9.17, 15) is 9.18 Å². The minimum absolute atomic E-state index is 0.0699. The fourth-order valence-electron chi connectivity index (χ4n) is 1.88. The summed E-state index contributed by atoms with van der Waals surface area (Å²) in [5.41, 5.74) is 5.59. The lowest BCUT2D eigenvalue weighted by Gasteiger charge is -2.22. The van der Waals surface area contributed by atoms with E-state index in [2.05, 4.69) is 0 Å². The van der Waals surface area contributed by atoms with E-state index in [1.54, 1.807) is 0 Å². The molecule has 1 aliphatic heterocycles. The minimum atomic E-state index is -0.679. The Hall–Kier alpha value is -1.62. The van der Waals surface area contributed by atoms with Crippen LogP contribution in [0.3, 0.4) is 0 Å². The van der Waals surface area contributed by atoms with Gasteiger partial charge in [0.05, 0.1) is 11.7 Å². The zero-order valence-electron chi connectivity index (χ0n) is 10.0. The second kappa shape index (κ2) is 5.82. The highest BCUT2D eigenvalue weighted by molar-refractivity contribution is 5.90. The molecule has 2 rings (SSSR count). The molecule has 5 heteroatoms. The van der Waals surface area contributed by atoms with Gasteiger partial charge in [-0.25, -0.2) is 9.18 Å². The van der Waals surface area contributed by atoms with Crippen molar-refractivity contribution in [2.24, 2.45) is 0 Å². The molecule has 1 atom stereocenters. The zero-order valence-corrected chi connectivity index (χ0v) is 10.0. The van der Waals surface area contributed by atoms with Gasteiger partial charge in [-0.05, 0) is 37.5 Å². The molecule has 98 valence electrons. The molecule has 0 spiro atoms. The molecule has 4 nitrogen and oxygen atoms in total. The van der Waals surface area contributed by atoms with E-state index in [0.717, 1.165) is 25.3 Å². The maximum atomic E-state index is 13.5. The number of esters is 1. The Bertz CT molecular complexity index is 430. The summed E-state index contributed by atoms with van der Waals surface area (Å²) in [7, 11) is 0. The minimum Gasteiger partial charge on any atom is -0.459 e. The molecule has 0 saturated carbocycles. The van der Waals surface area contributed by atoms with Crippen LogP contribution in [0.2, 0.25) is 0 Å². The van der Waals surface area contributed by atoms with Crippen molar-refractivity contribution < 1.29 is 18.7 Å². The highest BCUT2D eigenvalue weighted by Crippen LogP contribution is 2.16. The summed E-state index contributed by atoms with van der Waals surface area (Å²) >= 11 is 0. The zero-order chi connectivity index (χ0) is 13.0. The van der Waals surface area contributed by atoms with E-state index in [1.807, 2.05) is 0 Å². The van der Waals surface area contributed by atoms with Crippen LogP contribution in [-0.2, 0) is 9.47 Å². The summed E-state index contributed by atoms with van der Waals surface area (Å²) in [6.07, 6.45) is 2.91. The second-order valence-corrected chi connectivity index (χ2v) is 4.33. The highest BCUT2D eigenvalue weighted by atomic mass is 19.1. The van der Waals surface area contributed by atoms with Crippen LogP contribution < -0.4 is 5.73 Å². The lowest BCUT2D eigenvalue weighted by molar-refractivity contribution is -0.0301. The van der Waals surface area contributed by atoms with Gasteiger partial charge >= 0.3 is 5.97 Å². The topological polar surface area (TPSA) is 61.6 Å². The van der Waals surface area contributed by atoms with Gasteiger partial charge in [-0.3, -0.25) is 0 Å². The number of benzene rings is 1. The lowest BCUT2D eigenvalue weighted by atomic mass is 10.1. The summed E-state index contributed by atoms with van der Waals surface area (Å²) in [5, 5.41) is 0. The summed E-state index contributed by atoms with van der Waals surface area (Å²) < 4.78 is 23.9. The first-order valence-electron chi connectivity index (χ1n) is 6.00. The Kier molecular flexibility index (Phi) is 4.15. The first-order chi connectivity index (χ1) is 8.66. The van der Waals surface area contributed by atoms with Crippen LogP contribution in [0, 0.1) is 5.82 Å². The fraction of sp³-hybridized carbons (Fsp3) is 0.462. The first kappa shape index (κ1) is 12.8. The Labute approximate surface area is 105 Å². The predicted molar refractivity (Wildman–Crippen MR) is 64.7 cm³/mol. The van der Waals surface area contributed by atoms with Crippen molar-refractivity contribution in [3.8, 4) is 0 Å². The van der Waals surface area contributed by atoms with Gasteiger partial charge in [0.25, 0.3) is 0 Å². The molecule has 1 fully saturated rings. The van der Waals surface area contributed by atoms with E-state index in [0.29, 0.717) is 6.61 Å². The van der Waals surface area contributed by atoms with Gasteiger partial charge in [-0.2, -0.15) is 0 Å². The van der Waals surface area contributed by atoms with Gasteiger partial charge in [-0.1, -0.05) is 0 Å². The van der Waals surface area contributed by atoms with Gasteiger partial charge in [0.2, 0.25) is 0 Å². The molecule has 18 heavy (non-hydrogen) atoms. The van der Waals surface area contributed by atoms with Gasteiger partial charge in [0.15, 0.2) is 0 Å². The van der Waals surface area contributed by atoms with Gasteiger partial charge in [0, 0.05) is 12.3 Å². The van der Waals surface area contributed by atoms with Crippen LogP contribution in [0.1, 0.15) is 29.6 Å². The number of carbonyl (C=O) groups is 1. The molecule has 1 aromatic rings. The molecular weight excluding hydrogens is 237 g/mol. The first-order valence-corrected chi connectivity index (χ1v) is 6.00. The van der Waals surface area contributed by atoms with Crippen LogP contribution >= 0.6 is 0 Å². The van der Waals surface area contributed by atoms with E-state index in [4.69, 9.17) is 15.2 Å². The van der Waals surface area contributed by atoms with Crippen LogP contribution in [0.25, 0.3) is 0 Å². The standard InChI is InChI=1S/C13H16FNO3/c14-12-7-9(15)4-5-11(12)13(16)18-8-10-3-1-2-6-17-10/h4-5,7,10H,1-3,6,8,15H2. The third kappa shape index (κ3) is 3.20. The van der Waals surface area contributed by atoms with E-state index in [1.165, 1.54) is 12.1 Å². The van der Waals surface area contributed by atoms with Crippen LogP contribution in [0.15, 0.2) is 18.2 Å². The number of halogens is 1. The van der Waals surface area contributed by atoms with E-state index >= 15 is 0 Å². The van der Waals surface area contributed by atoms with E-state index < -0.39 is 11.8 Å². The number of rotatable bonds is 3. The molecule has 0 aromatic heterocycles. The summed E-state index contributed by atoms with van der Waals surface area (Å²) in [4.78, 5) is 11.7. The number of ether oxygens (including phenoxy) is 2. The average molecular weight is 253 g/mol. The van der Waals surface area contributed by atoms with Crippen LogP contribution in [-0.4, -0.2) is 25.3 Å². The number of nitrogens with two attached hydrogens (primary N) is 1. The third-order valence-electron chi connectivity index (χ3n) is 2.89. The second-order valence-electron chi connectivity index (χ2n) is 4.33. The molecule has 1 heterocycles. The van der Waals surface area contributed by atoms with Crippen molar-refractivity contribution in [1.29, 1.82) is 0 Å². The SMILES string of the molecule is Nc1ccc(C(=O)OCC2CCCCO2)c(F)c1. The maximum Gasteiger partial charge on any atom is 0.341 e. The molecule has 0 bridgehead atoms. The third-order valence-corrected chi connectivity index (χ3v) is 2.89. The van der Waals surface area contributed by atoms with Crippen molar-refractivity contribution in [2.75, 3.05) is 18.9 Å². The molecule has 2 N–H and O–H groups in total. The lowest BCUT2D eigenvalue weighted by Crippen LogP contribution is -2.26. The van der Waals surface area contributed by atoms with Gasteiger partial charge < -0.3 is 15.2 Å². The molecule has 0 amide bonds. The molecule has 1 unspecified atom stereocenters. The summed E-state index contributed by atoms with van der Waals surface area (Å²) in [6.45, 7) is 0.862. The van der Waals surface area contributed by atoms with Crippen LogP contribution in [0.5, 0.6) is 0 Å². The summed E-state index contributed by atoms with van der Waals surface area (Å²) in [5.74, 6) is -1.34. The maximum absolute atomic E-state index is 13.5. The molecule has 1 saturated heterocycles. The van der Waals surface area contributed by atoms with Gasteiger partial charge in [-0.15, -0.1) is 0 Å². The Morgan fingerprint density at radius 2 is 2.33 bits per heavy atom. The van der Waals surface area contributed by atoms with Crippen molar-refractivity contribution >= 4 is 11.7 Å². The van der Waals surface area contributed by atoms with Crippen molar-refractivity contribution in [2.45, 2.75) is 25.4 Å². The number of hydrogen-bond donors (Lipinski definition) is 1. The Morgan fingerprint density at radius 3 is 3.00 bits per heavy atom. The monoisotopic (exact) mass is 253 g/mol. The molecule has 0 aliphatic carbocycles. The summed E-state index contributed by atoms with van der Waals surface area (Å²) in [6, 6.07) is 3.90. The molecule has 1 aliphatic rings. The number of anilines is 1. The average Bonchev–Trinajstić information content (AvgIpc) is 2.37. The molecular formula is C13H16FNO3. The largest absolute Gasteiger partial charge is 0.459 e. The number of nitrogen functional groups attached to an aromatic ring is 1. The fourth-order valence-corrected chi connectivity index (χ4v) is 1.88. The van der Waals surface area contributed by atoms with Crippen LogP contribution in [0.4, 0.5) is 10.1 Å². The molecule has 1 aromatic carbocycles. The Morgan fingerprint density at radius 1 is 1.50 bits per heavy atom. The van der Waals surface area contributed by atoms with Crippen molar-refractivity contribution in [3.05, 3.63) is 29.6 Å². The quantitative estimate of drug-likeness (QED) is 0.662. The predicted octanol–water partition coefficient (Wildman–Crippen LogP) is 2.13. The van der Waals surface area contributed by atoms with E-state index in [-0.39, 0.29) is 24.0 Å². The number of carbonyl (C=O) groups excluding carboxylic acids is 1. The Balaban J connectivity index is 1.90. The smallest absolute Gasteiger partial charge is 0.341 e. The van der Waals surface area contributed by atoms with Gasteiger partial charge in [0.1, 0.15) is 12.4 Å². The molecule has 0 radical (unpaired) electrons. The highest BCUT2D eigenvalue weighted by Gasteiger charge is 2.18. The van der Waals surface area contributed by atoms with Crippen molar-refractivity contribution in [1.82, 2.24) is 0 Å². The van der Waals surface area contributed by atoms with Crippen molar-refractivity contribution in [3.63, 3.8) is 0 Å².